The van der Waals surface area contributed by atoms with Crippen LogP contribution in [0.5, 0.6) is 0 Å². The highest BCUT2D eigenvalue weighted by Gasteiger charge is 2.30. The van der Waals surface area contributed by atoms with Gasteiger partial charge in [0.25, 0.3) is 5.56 Å². The number of fused-ring (bicyclic) bond motifs is 2. The fourth-order valence-electron chi connectivity index (χ4n) is 4.48. The van der Waals surface area contributed by atoms with E-state index in [1.807, 2.05) is 31.7 Å². The van der Waals surface area contributed by atoms with Gasteiger partial charge in [-0.2, -0.15) is 0 Å². The number of likely N-dealkylation sites (tertiary alicyclic amines) is 1. The molecule has 1 N–H and O–H groups in total. The normalized spacial score (nSPS) is 19.7. The topological polar surface area (TPSA) is 90.8 Å². The van der Waals surface area contributed by atoms with Crippen LogP contribution in [-0.2, 0) is 22.6 Å². The van der Waals surface area contributed by atoms with E-state index in [2.05, 4.69) is 5.10 Å². The number of nitrogens with one attached hydrogen (secondary N) is 1. The van der Waals surface area contributed by atoms with Crippen molar-refractivity contribution in [3.63, 3.8) is 0 Å². The van der Waals surface area contributed by atoms with Crippen molar-refractivity contribution in [3.8, 4) is 0 Å². The highest BCUT2D eigenvalue weighted by molar-refractivity contribution is 5.78. The maximum absolute atomic E-state index is 13.2. The molecule has 0 bridgehead atoms. The molecule has 0 saturated carbocycles. The lowest BCUT2D eigenvalue weighted by Crippen LogP contribution is -2.42. The molecule has 156 valence electrons. The number of hydrogen-bond donors (Lipinski definition) is 1. The Hall–Kier alpha value is -2.64. The molecular weight excluding hydrogens is 370 g/mol. The number of nitrogens with zero attached hydrogens (tertiary/aromatic N) is 4. The smallest absolute Gasteiger partial charge is 0.277 e. The van der Waals surface area contributed by atoms with Gasteiger partial charge in [-0.05, 0) is 19.3 Å². The molecule has 2 amide bonds. The van der Waals surface area contributed by atoms with Crippen molar-refractivity contribution in [2.24, 2.45) is 5.92 Å². The van der Waals surface area contributed by atoms with Gasteiger partial charge in [0.1, 0.15) is 0 Å². The number of hydrogen-bond acceptors (Lipinski definition) is 4. The second-order valence-corrected chi connectivity index (χ2v) is 8.36. The molecule has 4 heterocycles. The second-order valence-electron chi connectivity index (χ2n) is 8.36. The van der Waals surface area contributed by atoms with Crippen LogP contribution in [0.1, 0.15) is 69.4 Å². The standard InChI is InChI=1S/C21H29N5O3/c1-4-19(27)25-9-6-5-7-17(25)16-11-18-22-15-8-10-24(20(28)13(2)3)12-14(15)21(29)26(18)23-16/h11,13,17,23H,4-10,12H2,1-3H3. The lowest BCUT2D eigenvalue weighted by Gasteiger charge is -2.35. The van der Waals surface area contributed by atoms with Gasteiger partial charge in [-0.25, -0.2) is 9.50 Å². The van der Waals surface area contributed by atoms with Crippen LogP contribution in [0.15, 0.2) is 10.9 Å². The van der Waals surface area contributed by atoms with Crippen molar-refractivity contribution in [3.05, 3.63) is 33.4 Å². The summed E-state index contributed by atoms with van der Waals surface area (Å²) >= 11 is 0. The van der Waals surface area contributed by atoms with Gasteiger partial charge in [-0.15, -0.1) is 0 Å². The van der Waals surface area contributed by atoms with Gasteiger partial charge in [-0.1, -0.05) is 20.8 Å². The Labute approximate surface area is 169 Å². The van der Waals surface area contributed by atoms with Crippen LogP contribution in [0.4, 0.5) is 0 Å². The molecule has 1 unspecified atom stereocenters. The summed E-state index contributed by atoms with van der Waals surface area (Å²) in [6.45, 7) is 7.26. The molecule has 8 nitrogen and oxygen atoms in total. The molecule has 29 heavy (non-hydrogen) atoms. The quantitative estimate of drug-likeness (QED) is 0.855. The number of amides is 2. The first kappa shape index (κ1) is 19.7. The molecule has 1 fully saturated rings. The van der Waals surface area contributed by atoms with Crippen molar-refractivity contribution in [1.82, 2.24) is 24.4 Å². The molecular formula is C21H29N5O3. The molecule has 0 spiro atoms. The number of aromatic amines is 1. The Morgan fingerprint density at radius 3 is 2.79 bits per heavy atom. The van der Waals surface area contributed by atoms with Crippen molar-refractivity contribution >= 4 is 17.5 Å². The van der Waals surface area contributed by atoms with Gasteiger partial charge in [0, 0.05) is 37.9 Å². The maximum atomic E-state index is 13.2. The summed E-state index contributed by atoms with van der Waals surface area (Å²) in [6.07, 6.45) is 4.00. The van der Waals surface area contributed by atoms with Gasteiger partial charge in [0.2, 0.25) is 11.8 Å². The molecule has 8 heteroatoms. The molecule has 0 aromatic carbocycles. The van der Waals surface area contributed by atoms with Crippen LogP contribution in [0.25, 0.3) is 5.65 Å². The number of piperidine rings is 1. The highest BCUT2D eigenvalue weighted by atomic mass is 16.2. The molecule has 2 aromatic heterocycles. The number of carbonyl (C=O) groups excluding carboxylic acids is 2. The second kappa shape index (κ2) is 7.65. The number of H-pyrrole nitrogens is 1. The van der Waals surface area contributed by atoms with E-state index >= 15 is 0 Å². The van der Waals surface area contributed by atoms with Crippen LogP contribution in [-0.4, -0.2) is 49.3 Å². The minimum Gasteiger partial charge on any atom is -0.337 e. The van der Waals surface area contributed by atoms with Crippen LogP contribution in [0.3, 0.4) is 0 Å². The first-order chi connectivity index (χ1) is 13.9. The summed E-state index contributed by atoms with van der Waals surface area (Å²) < 4.78 is 1.47. The summed E-state index contributed by atoms with van der Waals surface area (Å²) in [4.78, 5) is 46.3. The third-order valence-electron chi connectivity index (χ3n) is 6.07. The zero-order valence-corrected chi connectivity index (χ0v) is 17.4. The minimum absolute atomic E-state index is 0.0478. The van der Waals surface area contributed by atoms with Crippen LogP contribution < -0.4 is 5.56 Å². The third kappa shape index (κ3) is 3.45. The molecule has 0 radical (unpaired) electrons. The molecule has 2 aliphatic heterocycles. The van der Waals surface area contributed by atoms with E-state index < -0.39 is 0 Å². The average Bonchev–Trinajstić information content (AvgIpc) is 3.16. The van der Waals surface area contributed by atoms with E-state index in [1.54, 1.807) is 4.90 Å². The lowest BCUT2D eigenvalue weighted by atomic mass is 9.99. The predicted molar refractivity (Wildman–Crippen MR) is 108 cm³/mol. The first-order valence-corrected chi connectivity index (χ1v) is 10.6. The van der Waals surface area contributed by atoms with Crippen molar-refractivity contribution in [1.29, 1.82) is 0 Å². The lowest BCUT2D eigenvalue weighted by molar-refractivity contribution is -0.135. The van der Waals surface area contributed by atoms with Crippen molar-refractivity contribution < 1.29 is 9.59 Å². The minimum atomic E-state index is -0.151. The predicted octanol–water partition coefficient (Wildman–Crippen LogP) is 2.03. The van der Waals surface area contributed by atoms with Gasteiger partial charge in [0.15, 0.2) is 5.65 Å². The summed E-state index contributed by atoms with van der Waals surface area (Å²) in [6, 6.07) is 1.85. The van der Waals surface area contributed by atoms with Gasteiger partial charge in [0.05, 0.1) is 29.5 Å². The Morgan fingerprint density at radius 2 is 2.07 bits per heavy atom. The summed E-state index contributed by atoms with van der Waals surface area (Å²) in [7, 11) is 0. The maximum Gasteiger partial charge on any atom is 0.277 e. The van der Waals surface area contributed by atoms with Gasteiger partial charge < -0.3 is 9.80 Å². The highest BCUT2D eigenvalue weighted by Crippen LogP contribution is 2.31. The zero-order chi connectivity index (χ0) is 20.7. The van der Waals surface area contributed by atoms with Crippen molar-refractivity contribution in [2.75, 3.05) is 13.1 Å². The fourth-order valence-corrected chi connectivity index (χ4v) is 4.48. The summed E-state index contributed by atoms with van der Waals surface area (Å²) in [5.74, 6) is 0.0977. The van der Waals surface area contributed by atoms with E-state index in [-0.39, 0.29) is 29.3 Å². The molecule has 4 rings (SSSR count). The van der Waals surface area contributed by atoms with Crippen molar-refractivity contribution in [2.45, 2.75) is 65.5 Å². The number of carbonyl (C=O) groups is 2. The van der Waals surface area contributed by atoms with E-state index in [1.165, 1.54) is 4.52 Å². The monoisotopic (exact) mass is 399 g/mol. The fraction of sp³-hybridized carbons (Fsp3) is 0.619. The van der Waals surface area contributed by atoms with Crippen LogP contribution in [0, 0.1) is 5.92 Å². The van der Waals surface area contributed by atoms with E-state index in [9.17, 15) is 14.4 Å². The van der Waals surface area contributed by atoms with Gasteiger partial charge in [-0.3, -0.25) is 19.5 Å². The zero-order valence-electron chi connectivity index (χ0n) is 17.4. The van der Waals surface area contributed by atoms with E-state index in [4.69, 9.17) is 4.98 Å². The summed E-state index contributed by atoms with van der Waals surface area (Å²) in [5.41, 5.74) is 2.65. The molecule has 2 aliphatic rings. The Balaban J connectivity index is 1.71. The van der Waals surface area contributed by atoms with E-state index in [0.717, 1.165) is 37.2 Å². The average molecular weight is 399 g/mol. The van der Waals surface area contributed by atoms with Crippen LogP contribution in [0.2, 0.25) is 0 Å². The first-order valence-electron chi connectivity index (χ1n) is 10.6. The molecule has 1 atom stereocenters. The van der Waals surface area contributed by atoms with Crippen LogP contribution >= 0.6 is 0 Å². The van der Waals surface area contributed by atoms with Gasteiger partial charge >= 0.3 is 0 Å². The molecule has 0 aliphatic carbocycles. The Kier molecular flexibility index (Phi) is 5.19. The number of rotatable bonds is 3. The Bertz CT molecular complexity index is 1010. The SMILES string of the molecule is CCC(=O)N1CCCCC1c1cc2nc3c(c(=O)n2[nH]1)CN(C(=O)C(C)C)CC3. The molecule has 1 saturated heterocycles. The molecule has 2 aromatic rings. The summed E-state index contributed by atoms with van der Waals surface area (Å²) in [5, 5.41) is 3.20. The Morgan fingerprint density at radius 1 is 1.28 bits per heavy atom. The van der Waals surface area contributed by atoms with E-state index in [0.29, 0.717) is 37.1 Å². The largest absolute Gasteiger partial charge is 0.337 e. The number of aromatic nitrogens is 3. The third-order valence-corrected chi connectivity index (χ3v) is 6.07.